The van der Waals surface area contributed by atoms with Crippen LogP contribution in [-0.4, -0.2) is 48.6 Å². The first-order chi connectivity index (χ1) is 35.1. The summed E-state index contributed by atoms with van der Waals surface area (Å²) in [6.07, 6.45) is 78.8. The van der Waals surface area contributed by atoms with E-state index in [-0.39, 0.29) is 19.6 Å². The van der Waals surface area contributed by atoms with Crippen molar-refractivity contribution in [2.24, 2.45) is 11.3 Å². The zero-order valence-electron chi connectivity index (χ0n) is 47.8. The number of ether oxygens (including phenoxy) is 2. The number of hydrogen-bond donors (Lipinski definition) is 2. The number of cyclic esters (lactones) is 2. The Morgan fingerprint density at radius 1 is 0.366 bits per heavy atom. The van der Waals surface area contributed by atoms with Crippen molar-refractivity contribution in [2.45, 2.75) is 354 Å². The monoisotopic (exact) mass is 1000 g/mol. The quantitative estimate of drug-likeness (QED) is 0.0358. The highest BCUT2D eigenvalue weighted by molar-refractivity contribution is 5.80. The number of esters is 2. The lowest BCUT2D eigenvalue weighted by Crippen LogP contribution is -2.40. The maximum Gasteiger partial charge on any atom is 0.309 e. The van der Waals surface area contributed by atoms with Crippen molar-refractivity contribution in [3.8, 4) is 0 Å². The Morgan fingerprint density at radius 3 is 0.873 bits per heavy atom. The van der Waals surface area contributed by atoms with Crippen LogP contribution in [0.3, 0.4) is 0 Å². The molecule has 1 fully saturated rings. The summed E-state index contributed by atoms with van der Waals surface area (Å²) in [7, 11) is 0. The fourth-order valence-electron chi connectivity index (χ4n) is 10.8. The van der Waals surface area contributed by atoms with E-state index in [1.54, 1.807) is 0 Å². The number of hydrogen-bond acceptors (Lipinski definition) is 6. The van der Waals surface area contributed by atoms with Gasteiger partial charge in [0.1, 0.15) is 13.2 Å². The molecule has 1 aliphatic heterocycles. The van der Waals surface area contributed by atoms with E-state index in [1.807, 2.05) is 0 Å². The molecule has 0 radical (unpaired) electrons. The van der Waals surface area contributed by atoms with Crippen molar-refractivity contribution >= 4 is 11.9 Å². The molecule has 1 saturated heterocycles. The highest BCUT2D eigenvalue weighted by Gasteiger charge is 2.36. The molecule has 6 heteroatoms. The molecule has 0 aliphatic carbocycles. The molecule has 0 spiro atoms. The molecule has 1 aliphatic rings. The predicted molar refractivity (Wildman–Crippen MR) is 306 cm³/mol. The van der Waals surface area contributed by atoms with Crippen LogP contribution in [0.15, 0.2) is 12.2 Å². The van der Waals surface area contributed by atoms with Gasteiger partial charge in [-0.05, 0) is 32.1 Å². The van der Waals surface area contributed by atoms with Crippen LogP contribution >= 0.6 is 0 Å². The van der Waals surface area contributed by atoms with E-state index in [1.165, 1.54) is 308 Å². The average Bonchev–Trinajstić information content (AvgIpc) is 3.44. The summed E-state index contributed by atoms with van der Waals surface area (Å²) in [5, 5.41) is 19.2. The summed E-state index contributed by atoms with van der Waals surface area (Å²) in [4.78, 5) is 24.7. The van der Waals surface area contributed by atoms with Crippen LogP contribution < -0.4 is 0 Å². The predicted octanol–water partition coefficient (Wildman–Crippen LogP) is 20.3. The fraction of sp³-hybridized carbons (Fsp3) is 0.938. The minimum Gasteiger partial charge on any atom is -0.465 e. The van der Waals surface area contributed by atoms with Crippen molar-refractivity contribution in [3.63, 3.8) is 0 Å². The van der Waals surface area contributed by atoms with E-state index in [4.69, 9.17) is 9.47 Å². The molecule has 1 unspecified atom stereocenters. The number of aliphatic hydroxyl groups excluding tert-OH is 2. The maximum absolute atomic E-state index is 12.5. The number of unbranched alkanes of at least 4 members (excludes halogenated alkanes) is 50. The van der Waals surface area contributed by atoms with Gasteiger partial charge in [0.05, 0.1) is 31.0 Å². The zero-order chi connectivity index (χ0) is 51.1. The van der Waals surface area contributed by atoms with Crippen LogP contribution in [0.4, 0.5) is 0 Å². The van der Waals surface area contributed by atoms with E-state index in [2.05, 4.69) is 19.1 Å². The van der Waals surface area contributed by atoms with E-state index in [0.29, 0.717) is 6.42 Å². The van der Waals surface area contributed by atoms with E-state index >= 15 is 0 Å². The molecule has 420 valence electrons. The topological polar surface area (TPSA) is 93.1 Å². The molecular weight excluding hydrogens is 877 g/mol. The third kappa shape index (κ3) is 46.8. The Balaban J connectivity index is 1.68. The lowest BCUT2D eigenvalue weighted by atomic mass is 9.92. The number of allylic oxidation sites excluding steroid dienone is 2. The first kappa shape index (κ1) is 67.6. The largest absolute Gasteiger partial charge is 0.465 e. The van der Waals surface area contributed by atoms with Gasteiger partial charge in [0.15, 0.2) is 0 Å². The lowest BCUT2D eigenvalue weighted by molar-refractivity contribution is -0.155. The Bertz CT molecular complexity index is 1120. The van der Waals surface area contributed by atoms with Gasteiger partial charge in [-0.15, -0.1) is 0 Å². The average molecular weight is 1000 g/mol. The van der Waals surface area contributed by atoms with Gasteiger partial charge in [0, 0.05) is 0 Å². The van der Waals surface area contributed by atoms with Crippen molar-refractivity contribution in [3.05, 3.63) is 12.2 Å². The standard InChI is InChI=1S/C65H124O6/c1-2-3-4-5-6-7-8-9-10-11-12-13-14-15-16-17-18-19-20-21-22-23-24-25-26-27-28-29-30-31-32-33-34-35-36-37-38-39-40-41-42-43-44-45-46-47-48-49-50-51-52-53-54-55-56-62-57-63(68)70-60-65(58-66,59-67)61-71-64(62)69/h51-52,62,66-67H,2-50,53-61H2,1H3/b52-51+. The highest BCUT2D eigenvalue weighted by atomic mass is 16.6. The Morgan fingerprint density at radius 2 is 0.606 bits per heavy atom. The van der Waals surface area contributed by atoms with Crippen molar-refractivity contribution in [1.82, 2.24) is 0 Å². The third-order valence-electron chi connectivity index (χ3n) is 16.0. The van der Waals surface area contributed by atoms with Gasteiger partial charge in [-0.1, -0.05) is 327 Å². The van der Waals surface area contributed by atoms with E-state index in [0.717, 1.165) is 25.7 Å². The summed E-state index contributed by atoms with van der Waals surface area (Å²) in [5.41, 5.74) is -1.13. The Kier molecular flexibility index (Phi) is 52.2. The molecule has 0 saturated carbocycles. The van der Waals surface area contributed by atoms with Gasteiger partial charge in [-0.3, -0.25) is 9.59 Å². The van der Waals surface area contributed by atoms with Crippen LogP contribution in [0.1, 0.15) is 354 Å². The summed E-state index contributed by atoms with van der Waals surface area (Å²) < 4.78 is 10.6. The molecule has 0 aromatic rings. The maximum atomic E-state index is 12.5. The summed E-state index contributed by atoms with van der Waals surface area (Å²) in [5.74, 6) is -1.45. The minimum atomic E-state index is -1.13. The van der Waals surface area contributed by atoms with Gasteiger partial charge in [0.2, 0.25) is 0 Å². The van der Waals surface area contributed by atoms with Gasteiger partial charge in [0.25, 0.3) is 0 Å². The molecule has 6 nitrogen and oxygen atoms in total. The number of carbonyl (C=O) groups is 2. The molecule has 0 aromatic heterocycles. The lowest BCUT2D eigenvalue weighted by Gasteiger charge is -2.27. The van der Waals surface area contributed by atoms with E-state index in [9.17, 15) is 19.8 Å². The molecule has 0 aromatic carbocycles. The number of rotatable bonds is 56. The SMILES string of the molecule is CCCCCCCCCCCCCCCCCCCCCCCCCCCCCCCCCCCCCCCCCCCCCCCCCC/C=C/CCCCC1CC(=O)OCC(CO)(CO)COC1=O. The Hall–Kier alpha value is -1.40. The van der Waals surface area contributed by atoms with Gasteiger partial charge in [-0.25, -0.2) is 0 Å². The fourth-order valence-corrected chi connectivity index (χ4v) is 10.8. The van der Waals surface area contributed by atoms with Crippen LogP contribution in [0.5, 0.6) is 0 Å². The minimum absolute atomic E-state index is 0.0124. The summed E-state index contributed by atoms with van der Waals surface area (Å²) in [6, 6.07) is 0. The molecule has 1 atom stereocenters. The van der Waals surface area contributed by atoms with Crippen LogP contribution in [-0.2, 0) is 19.1 Å². The van der Waals surface area contributed by atoms with Crippen LogP contribution in [0.2, 0.25) is 0 Å². The first-order valence-electron chi connectivity index (χ1n) is 32.3. The third-order valence-corrected chi connectivity index (χ3v) is 16.0. The summed E-state index contributed by atoms with van der Waals surface area (Å²) in [6.45, 7) is 1.18. The second-order valence-corrected chi connectivity index (χ2v) is 23.1. The number of carbonyl (C=O) groups excluding carboxylic acids is 2. The number of aliphatic hydroxyl groups is 2. The Labute approximate surface area is 443 Å². The van der Waals surface area contributed by atoms with Crippen molar-refractivity contribution in [2.75, 3.05) is 26.4 Å². The normalized spacial score (nSPS) is 15.3. The second kappa shape index (κ2) is 54.8. The summed E-state index contributed by atoms with van der Waals surface area (Å²) >= 11 is 0. The van der Waals surface area contributed by atoms with E-state index < -0.39 is 36.5 Å². The molecule has 2 N–H and O–H groups in total. The van der Waals surface area contributed by atoms with Crippen molar-refractivity contribution in [1.29, 1.82) is 0 Å². The first-order valence-corrected chi connectivity index (χ1v) is 32.3. The smallest absolute Gasteiger partial charge is 0.309 e. The molecule has 0 amide bonds. The molecule has 0 bridgehead atoms. The highest BCUT2D eigenvalue weighted by Crippen LogP contribution is 2.25. The second-order valence-electron chi connectivity index (χ2n) is 23.1. The molecular formula is C65H124O6. The molecule has 1 rings (SSSR count). The van der Waals surface area contributed by atoms with Gasteiger partial charge in [-0.2, -0.15) is 0 Å². The van der Waals surface area contributed by atoms with Crippen molar-refractivity contribution < 1.29 is 29.3 Å². The zero-order valence-corrected chi connectivity index (χ0v) is 47.8. The van der Waals surface area contributed by atoms with Crippen LogP contribution in [0, 0.1) is 11.3 Å². The van der Waals surface area contributed by atoms with Gasteiger partial charge < -0.3 is 19.7 Å². The molecule has 71 heavy (non-hydrogen) atoms. The van der Waals surface area contributed by atoms with Crippen LogP contribution in [0.25, 0.3) is 0 Å². The molecule has 1 heterocycles. The van der Waals surface area contributed by atoms with Gasteiger partial charge >= 0.3 is 11.9 Å².